The summed E-state index contributed by atoms with van der Waals surface area (Å²) in [4.78, 5) is 11.5. The van der Waals surface area contributed by atoms with E-state index in [0.717, 1.165) is 6.07 Å². The van der Waals surface area contributed by atoms with Crippen LogP contribution in [0.5, 0.6) is 0 Å². The van der Waals surface area contributed by atoms with Crippen molar-refractivity contribution in [1.82, 2.24) is 0 Å². The lowest BCUT2D eigenvalue weighted by Gasteiger charge is -2.03. The van der Waals surface area contributed by atoms with E-state index in [9.17, 15) is 9.18 Å². The number of nitrogen functional groups attached to an aromatic ring is 1. The number of rotatable bonds is 4. The van der Waals surface area contributed by atoms with Gasteiger partial charge < -0.3 is 5.73 Å². The van der Waals surface area contributed by atoms with Crippen molar-refractivity contribution in [3.05, 3.63) is 29.6 Å². The van der Waals surface area contributed by atoms with Crippen LogP contribution in [-0.4, -0.2) is 11.7 Å². The predicted molar refractivity (Wildman–Crippen MR) is 55.1 cm³/mol. The minimum absolute atomic E-state index is 0.0943. The number of alkyl halides is 1. The van der Waals surface area contributed by atoms with E-state index in [0.29, 0.717) is 24.3 Å². The zero-order valence-electron chi connectivity index (χ0n) is 7.59. The van der Waals surface area contributed by atoms with Crippen LogP contribution in [-0.2, 0) is 0 Å². The molecule has 0 radical (unpaired) electrons. The molecule has 0 bridgehead atoms. The number of Topliss-reactive ketones (excluding diaryl/α,β-unsaturated/α-hetero) is 1. The maximum Gasteiger partial charge on any atom is 0.164 e. The van der Waals surface area contributed by atoms with Crippen molar-refractivity contribution in [2.45, 2.75) is 12.8 Å². The Morgan fingerprint density at radius 2 is 2.21 bits per heavy atom. The first-order chi connectivity index (χ1) is 6.65. The molecular formula is C10H11ClFNO. The van der Waals surface area contributed by atoms with E-state index in [1.54, 1.807) is 0 Å². The van der Waals surface area contributed by atoms with Crippen molar-refractivity contribution in [1.29, 1.82) is 0 Å². The van der Waals surface area contributed by atoms with Gasteiger partial charge in [0.15, 0.2) is 5.78 Å². The Kier molecular flexibility index (Phi) is 3.89. The summed E-state index contributed by atoms with van der Waals surface area (Å²) in [7, 11) is 0. The van der Waals surface area contributed by atoms with Gasteiger partial charge in [0, 0.05) is 23.6 Å². The van der Waals surface area contributed by atoms with Gasteiger partial charge >= 0.3 is 0 Å². The van der Waals surface area contributed by atoms with Crippen molar-refractivity contribution < 1.29 is 9.18 Å². The van der Waals surface area contributed by atoms with Gasteiger partial charge in [-0.1, -0.05) is 0 Å². The molecule has 1 aromatic rings. The molecular weight excluding hydrogens is 205 g/mol. The molecule has 2 N–H and O–H groups in total. The van der Waals surface area contributed by atoms with E-state index in [1.807, 2.05) is 0 Å². The van der Waals surface area contributed by atoms with Crippen molar-refractivity contribution in [2.75, 3.05) is 11.6 Å². The van der Waals surface area contributed by atoms with E-state index in [1.165, 1.54) is 12.1 Å². The monoisotopic (exact) mass is 215 g/mol. The molecule has 1 aromatic carbocycles. The Bertz CT molecular complexity index is 341. The van der Waals surface area contributed by atoms with Gasteiger partial charge in [0.25, 0.3) is 0 Å². The standard InChI is InChI=1S/C10H11ClFNO/c11-5-1-2-10(14)8-4-3-7(12)6-9(8)13/h3-4,6H,1-2,5,13H2. The molecule has 0 saturated carbocycles. The van der Waals surface area contributed by atoms with Gasteiger partial charge in [-0.05, 0) is 24.6 Å². The minimum Gasteiger partial charge on any atom is -0.398 e. The summed E-state index contributed by atoms with van der Waals surface area (Å²) >= 11 is 5.45. The highest BCUT2D eigenvalue weighted by Crippen LogP contribution is 2.16. The second kappa shape index (κ2) is 4.96. The lowest BCUT2D eigenvalue weighted by Crippen LogP contribution is -2.04. The summed E-state index contributed by atoms with van der Waals surface area (Å²) in [5.41, 5.74) is 6.06. The first-order valence-corrected chi connectivity index (χ1v) is 4.83. The Hall–Kier alpha value is -1.09. The van der Waals surface area contributed by atoms with Gasteiger partial charge in [-0.15, -0.1) is 11.6 Å². The van der Waals surface area contributed by atoms with Crippen LogP contribution in [0.25, 0.3) is 0 Å². The first kappa shape index (κ1) is 11.0. The van der Waals surface area contributed by atoms with Crippen molar-refractivity contribution >= 4 is 23.1 Å². The number of hydrogen-bond acceptors (Lipinski definition) is 2. The molecule has 14 heavy (non-hydrogen) atoms. The molecule has 0 aliphatic heterocycles. The Balaban J connectivity index is 2.80. The van der Waals surface area contributed by atoms with E-state index in [-0.39, 0.29) is 11.5 Å². The van der Waals surface area contributed by atoms with Gasteiger partial charge in [0.2, 0.25) is 0 Å². The molecule has 0 amide bonds. The van der Waals surface area contributed by atoms with Crippen LogP contribution in [0.4, 0.5) is 10.1 Å². The highest BCUT2D eigenvalue weighted by Gasteiger charge is 2.09. The molecule has 0 aliphatic carbocycles. The van der Waals surface area contributed by atoms with Crippen LogP contribution in [0.2, 0.25) is 0 Å². The highest BCUT2D eigenvalue weighted by atomic mass is 35.5. The average Bonchev–Trinajstić information content (AvgIpc) is 2.14. The van der Waals surface area contributed by atoms with Gasteiger partial charge in [0.05, 0.1) is 0 Å². The van der Waals surface area contributed by atoms with Crippen molar-refractivity contribution in [3.63, 3.8) is 0 Å². The summed E-state index contributed by atoms with van der Waals surface area (Å²) < 4.78 is 12.7. The Labute approximate surface area is 86.9 Å². The molecule has 0 fully saturated rings. The van der Waals surface area contributed by atoms with Crippen LogP contribution < -0.4 is 5.73 Å². The minimum atomic E-state index is -0.434. The smallest absolute Gasteiger partial charge is 0.164 e. The summed E-state index contributed by atoms with van der Waals surface area (Å²) in [6, 6.07) is 3.78. The average molecular weight is 216 g/mol. The third-order valence-electron chi connectivity index (χ3n) is 1.85. The normalized spacial score (nSPS) is 10.1. The van der Waals surface area contributed by atoms with Crippen LogP contribution >= 0.6 is 11.6 Å². The number of hydrogen-bond donors (Lipinski definition) is 1. The number of anilines is 1. The maximum absolute atomic E-state index is 12.7. The summed E-state index contributed by atoms with van der Waals surface area (Å²) in [5.74, 6) is -0.0909. The second-order valence-corrected chi connectivity index (χ2v) is 3.33. The highest BCUT2D eigenvalue weighted by molar-refractivity contribution is 6.18. The number of ketones is 1. The molecule has 0 aliphatic rings. The zero-order valence-corrected chi connectivity index (χ0v) is 8.35. The van der Waals surface area contributed by atoms with Crippen LogP contribution in [0, 0.1) is 5.82 Å². The molecule has 0 heterocycles. The van der Waals surface area contributed by atoms with E-state index in [2.05, 4.69) is 0 Å². The quantitative estimate of drug-likeness (QED) is 0.477. The number of halogens is 2. The fourth-order valence-corrected chi connectivity index (χ4v) is 1.28. The summed E-state index contributed by atoms with van der Waals surface area (Å²) in [6.07, 6.45) is 0.955. The SMILES string of the molecule is Nc1cc(F)ccc1C(=O)CCCCl. The second-order valence-electron chi connectivity index (χ2n) is 2.95. The van der Waals surface area contributed by atoms with Crippen LogP contribution in [0.15, 0.2) is 18.2 Å². The molecule has 1 rings (SSSR count). The Morgan fingerprint density at radius 3 is 2.79 bits per heavy atom. The molecule has 0 unspecified atom stereocenters. The van der Waals surface area contributed by atoms with E-state index < -0.39 is 5.82 Å². The molecule has 76 valence electrons. The van der Waals surface area contributed by atoms with Gasteiger partial charge in [-0.3, -0.25) is 4.79 Å². The van der Waals surface area contributed by atoms with Crippen molar-refractivity contribution in [2.24, 2.45) is 0 Å². The number of carbonyl (C=O) groups is 1. The summed E-state index contributed by atoms with van der Waals surface area (Å²) in [6.45, 7) is 0. The van der Waals surface area contributed by atoms with Crippen molar-refractivity contribution in [3.8, 4) is 0 Å². The van der Waals surface area contributed by atoms with Gasteiger partial charge in [0.1, 0.15) is 5.82 Å². The van der Waals surface area contributed by atoms with Crippen LogP contribution in [0.3, 0.4) is 0 Å². The molecule has 0 saturated heterocycles. The molecule has 0 aromatic heterocycles. The lowest BCUT2D eigenvalue weighted by molar-refractivity contribution is 0.0983. The number of nitrogens with two attached hydrogens (primary N) is 1. The van der Waals surface area contributed by atoms with Gasteiger partial charge in [-0.25, -0.2) is 4.39 Å². The maximum atomic E-state index is 12.7. The fraction of sp³-hybridized carbons (Fsp3) is 0.300. The van der Waals surface area contributed by atoms with E-state index in [4.69, 9.17) is 17.3 Å². The fourth-order valence-electron chi connectivity index (χ4n) is 1.15. The molecule has 4 heteroatoms. The third-order valence-corrected chi connectivity index (χ3v) is 2.12. The first-order valence-electron chi connectivity index (χ1n) is 4.29. The zero-order chi connectivity index (χ0) is 10.6. The topological polar surface area (TPSA) is 43.1 Å². The molecule has 2 nitrogen and oxygen atoms in total. The number of benzene rings is 1. The third kappa shape index (κ3) is 2.70. The van der Waals surface area contributed by atoms with Crippen LogP contribution in [0.1, 0.15) is 23.2 Å². The van der Waals surface area contributed by atoms with Gasteiger partial charge in [-0.2, -0.15) is 0 Å². The largest absolute Gasteiger partial charge is 0.398 e. The Morgan fingerprint density at radius 1 is 1.50 bits per heavy atom. The number of carbonyl (C=O) groups excluding carboxylic acids is 1. The lowest BCUT2D eigenvalue weighted by atomic mass is 10.1. The predicted octanol–water partition coefficient (Wildman–Crippen LogP) is 2.61. The molecule has 0 spiro atoms. The molecule has 0 atom stereocenters. The van der Waals surface area contributed by atoms with E-state index >= 15 is 0 Å². The summed E-state index contributed by atoms with van der Waals surface area (Å²) in [5, 5.41) is 0.